The lowest BCUT2D eigenvalue weighted by Gasteiger charge is -2.45. The van der Waals surface area contributed by atoms with Crippen molar-refractivity contribution in [3.05, 3.63) is 71.8 Å². The van der Waals surface area contributed by atoms with Crippen molar-refractivity contribution in [2.75, 3.05) is 0 Å². The summed E-state index contributed by atoms with van der Waals surface area (Å²) >= 11 is 0. The standard InChI is InChI=1S/C37H55N3O6/c1-12-37(10,11)40(32(42)28(23-25(2)3)39-34(44)46-36(7,8)9)30(27-21-17-14-18-22-27)31(41)38-29(33(43)45-35(4,5)6)24-26-19-15-13-16-20-26/h13-22,25,28-30H,12,23-24H2,1-11H3,(H,38,41)(H,39,44). The Hall–Kier alpha value is -3.88. The molecule has 0 spiro atoms. The van der Waals surface area contributed by atoms with Crippen LogP contribution in [0.5, 0.6) is 0 Å². The zero-order valence-corrected chi connectivity index (χ0v) is 29.6. The summed E-state index contributed by atoms with van der Waals surface area (Å²) in [4.78, 5) is 57.2. The predicted octanol–water partition coefficient (Wildman–Crippen LogP) is 6.75. The first kappa shape index (κ1) is 38.3. The van der Waals surface area contributed by atoms with Crippen molar-refractivity contribution in [3.8, 4) is 0 Å². The minimum absolute atomic E-state index is 0.0434. The van der Waals surface area contributed by atoms with Crippen LogP contribution in [0.1, 0.15) is 106 Å². The molecule has 0 fully saturated rings. The van der Waals surface area contributed by atoms with Crippen molar-refractivity contribution in [1.82, 2.24) is 15.5 Å². The Balaban J connectivity index is 2.65. The highest BCUT2D eigenvalue weighted by molar-refractivity contribution is 5.94. The highest BCUT2D eigenvalue weighted by Gasteiger charge is 2.44. The summed E-state index contributed by atoms with van der Waals surface area (Å²) in [6.07, 6.45) is 0.320. The van der Waals surface area contributed by atoms with E-state index in [2.05, 4.69) is 10.6 Å². The SMILES string of the molecule is CCC(C)(C)N(C(=O)C(CC(C)C)NC(=O)OC(C)(C)C)C(C(=O)NC(Cc1ccccc1)C(=O)OC(C)(C)C)c1ccccc1. The fraction of sp³-hybridized carbons (Fsp3) is 0.568. The van der Waals surface area contributed by atoms with Gasteiger partial charge in [0, 0.05) is 12.0 Å². The molecule has 2 aromatic carbocycles. The fourth-order valence-corrected chi connectivity index (χ4v) is 4.98. The van der Waals surface area contributed by atoms with Crippen molar-refractivity contribution in [1.29, 1.82) is 0 Å². The Morgan fingerprint density at radius 3 is 1.74 bits per heavy atom. The minimum Gasteiger partial charge on any atom is -0.458 e. The number of rotatable bonds is 13. The second-order valence-electron chi connectivity index (χ2n) is 14.8. The minimum atomic E-state index is -1.13. The number of hydrogen-bond acceptors (Lipinski definition) is 6. The number of hydrogen-bond donors (Lipinski definition) is 2. The van der Waals surface area contributed by atoms with E-state index < -0.39 is 58.7 Å². The van der Waals surface area contributed by atoms with Gasteiger partial charge in [-0.25, -0.2) is 9.59 Å². The number of nitrogens with zero attached hydrogens (tertiary/aromatic N) is 1. The number of alkyl carbamates (subject to hydrolysis) is 1. The number of nitrogens with one attached hydrogen (secondary N) is 2. The molecule has 0 saturated carbocycles. The lowest BCUT2D eigenvalue weighted by molar-refractivity contribution is -0.159. The topological polar surface area (TPSA) is 114 Å². The molecule has 0 aliphatic carbocycles. The van der Waals surface area contributed by atoms with Gasteiger partial charge >= 0.3 is 12.1 Å². The Labute approximate surface area is 275 Å². The first-order chi connectivity index (χ1) is 21.2. The average Bonchev–Trinajstić information content (AvgIpc) is 2.93. The molecule has 9 nitrogen and oxygen atoms in total. The zero-order valence-electron chi connectivity index (χ0n) is 29.6. The quantitative estimate of drug-likeness (QED) is 0.235. The van der Waals surface area contributed by atoms with Crippen LogP contribution in [-0.4, -0.2) is 57.6 Å². The van der Waals surface area contributed by atoms with Crippen molar-refractivity contribution in [3.63, 3.8) is 0 Å². The maximum atomic E-state index is 14.7. The normalized spacial score (nSPS) is 14.1. The van der Waals surface area contributed by atoms with Crippen LogP contribution in [0.25, 0.3) is 0 Å². The summed E-state index contributed by atoms with van der Waals surface area (Å²) in [5.74, 6) is -1.49. The third-order valence-electron chi connectivity index (χ3n) is 7.36. The summed E-state index contributed by atoms with van der Waals surface area (Å²) in [5, 5.41) is 5.74. The molecule has 3 amide bonds. The molecule has 254 valence electrons. The lowest BCUT2D eigenvalue weighted by atomic mass is 9.90. The van der Waals surface area contributed by atoms with Crippen LogP contribution in [-0.2, 0) is 30.3 Å². The molecule has 0 aromatic heterocycles. The van der Waals surface area contributed by atoms with E-state index in [4.69, 9.17) is 9.47 Å². The molecule has 9 heteroatoms. The van der Waals surface area contributed by atoms with E-state index >= 15 is 0 Å². The predicted molar refractivity (Wildman–Crippen MR) is 181 cm³/mol. The molecule has 0 heterocycles. The Morgan fingerprint density at radius 2 is 1.26 bits per heavy atom. The van der Waals surface area contributed by atoms with Crippen molar-refractivity contribution >= 4 is 23.9 Å². The molecule has 0 aliphatic rings. The molecule has 2 aromatic rings. The summed E-state index contributed by atoms with van der Waals surface area (Å²) in [6, 6.07) is 15.3. The van der Waals surface area contributed by atoms with Crippen molar-refractivity contribution < 1.29 is 28.7 Å². The second kappa shape index (κ2) is 16.1. The van der Waals surface area contributed by atoms with Gasteiger partial charge in [0.25, 0.3) is 0 Å². The molecule has 0 bridgehead atoms. The van der Waals surface area contributed by atoms with E-state index in [1.807, 2.05) is 71.0 Å². The van der Waals surface area contributed by atoms with Crippen LogP contribution < -0.4 is 10.6 Å². The van der Waals surface area contributed by atoms with Gasteiger partial charge in [-0.2, -0.15) is 0 Å². The molecule has 2 rings (SSSR count). The number of carbonyl (C=O) groups is 4. The van der Waals surface area contributed by atoms with Gasteiger partial charge in [-0.1, -0.05) is 81.4 Å². The first-order valence-electron chi connectivity index (χ1n) is 16.2. The highest BCUT2D eigenvalue weighted by atomic mass is 16.6. The smallest absolute Gasteiger partial charge is 0.408 e. The van der Waals surface area contributed by atoms with Gasteiger partial charge in [0.2, 0.25) is 11.8 Å². The van der Waals surface area contributed by atoms with E-state index in [9.17, 15) is 19.2 Å². The van der Waals surface area contributed by atoms with Gasteiger partial charge in [-0.05, 0) is 85.3 Å². The average molecular weight is 638 g/mol. The summed E-state index contributed by atoms with van der Waals surface area (Å²) < 4.78 is 11.2. The Bertz CT molecular complexity index is 1300. The van der Waals surface area contributed by atoms with Gasteiger partial charge in [-0.3, -0.25) is 9.59 Å². The zero-order chi connectivity index (χ0) is 34.9. The third kappa shape index (κ3) is 12.1. The Kier molecular flexibility index (Phi) is 13.4. The van der Waals surface area contributed by atoms with Crippen molar-refractivity contribution in [2.45, 2.75) is 130 Å². The van der Waals surface area contributed by atoms with Gasteiger partial charge in [-0.15, -0.1) is 0 Å². The Morgan fingerprint density at radius 1 is 0.739 bits per heavy atom. The van der Waals surface area contributed by atoms with E-state index in [1.165, 1.54) is 0 Å². The van der Waals surface area contributed by atoms with E-state index in [1.54, 1.807) is 70.7 Å². The number of benzene rings is 2. The number of esters is 1. The molecule has 3 atom stereocenters. The van der Waals surface area contributed by atoms with E-state index in [0.717, 1.165) is 5.56 Å². The van der Waals surface area contributed by atoms with Crippen LogP contribution in [0.3, 0.4) is 0 Å². The van der Waals surface area contributed by atoms with E-state index in [0.29, 0.717) is 18.4 Å². The summed E-state index contributed by atoms with van der Waals surface area (Å²) in [6.45, 7) is 20.2. The maximum absolute atomic E-state index is 14.7. The number of carbonyl (C=O) groups excluding carboxylic acids is 4. The van der Waals surface area contributed by atoms with Crippen LogP contribution >= 0.6 is 0 Å². The lowest BCUT2D eigenvalue weighted by Crippen LogP contribution is -2.60. The molecule has 0 radical (unpaired) electrons. The van der Waals surface area contributed by atoms with Crippen LogP contribution in [0, 0.1) is 5.92 Å². The van der Waals surface area contributed by atoms with Gasteiger partial charge < -0.3 is 25.0 Å². The van der Waals surface area contributed by atoms with Crippen LogP contribution in [0.2, 0.25) is 0 Å². The van der Waals surface area contributed by atoms with Crippen LogP contribution in [0.15, 0.2) is 60.7 Å². The van der Waals surface area contributed by atoms with E-state index in [-0.39, 0.29) is 12.3 Å². The molecule has 0 saturated heterocycles. The summed E-state index contributed by atoms with van der Waals surface area (Å²) in [7, 11) is 0. The number of ether oxygens (including phenoxy) is 2. The molecule has 2 N–H and O–H groups in total. The van der Waals surface area contributed by atoms with Gasteiger partial charge in [0.15, 0.2) is 0 Å². The summed E-state index contributed by atoms with van der Waals surface area (Å²) in [5.41, 5.74) is -0.965. The third-order valence-corrected chi connectivity index (χ3v) is 7.36. The van der Waals surface area contributed by atoms with Crippen molar-refractivity contribution in [2.24, 2.45) is 5.92 Å². The number of amides is 3. The van der Waals surface area contributed by atoms with Gasteiger partial charge in [0.05, 0.1) is 0 Å². The van der Waals surface area contributed by atoms with Gasteiger partial charge in [0.1, 0.15) is 29.3 Å². The molecule has 3 unspecified atom stereocenters. The first-order valence-corrected chi connectivity index (χ1v) is 16.2. The molecular formula is C37H55N3O6. The monoisotopic (exact) mass is 637 g/mol. The second-order valence-corrected chi connectivity index (χ2v) is 14.8. The maximum Gasteiger partial charge on any atom is 0.408 e. The largest absolute Gasteiger partial charge is 0.458 e. The fourth-order valence-electron chi connectivity index (χ4n) is 4.98. The molecule has 46 heavy (non-hydrogen) atoms. The van der Waals surface area contributed by atoms with Crippen LogP contribution in [0.4, 0.5) is 4.79 Å². The molecule has 0 aliphatic heterocycles. The highest BCUT2D eigenvalue weighted by Crippen LogP contribution is 2.33. The molecular weight excluding hydrogens is 582 g/mol.